The van der Waals surface area contributed by atoms with E-state index in [2.05, 4.69) is 10.1 Å². The standard InChI is InChI=1S/C18H15F3N2O6/c1-10(2)16(24)22-12-5-3-11(4-6-12)17(25)28-15-9-13(29-18(19,20)21)7-8-14(15)23(26)27/h3-10H,1-2H3,(H,22,24). The summed E-state index contributed by atoms with van der Waals surface area (Å²) < 4.78 is 45.6. The van der Waals surface area contributed by atoms with Gasteiger partial charge in [-0.2, -0.15) is 0 Å². The number of nitro benzene ring substituents is 1. The van der Waals surface area contributed by atoms with Crippen LogP contribution in [-0.4, -0.2) is 23.2 Å². The molecule has 154 valence electrons. The zero-order valence-electron chi connectivity index (χ0n) is 15.1. The Morgan fingerprint density at radius 3 is 2.24 bits per heavy atom. The predicted molar refractivity (Wildman–Crippen MR) is 94.6 cm³/mol. The van der Waals surface area contributed by atoms with Gasteiger partial charge in [0.1, 0.15) is 5.75 Å². The second kappa shape index (κ2) is 8.59. The molecule has 0 saturated heterocycles. The van der Waals surface area contributed by atoms with Crippen LogP contribution in [0.3, 0.4) is 0 Å². The van der Waals surface area contributed by atoms with Gasteiger partial charge in [-0.1, -0.05) is 13.8 Å². The number of anilines is 1. The Morgan fingerprint density at radius 2 is 1.72 bits per heavy atom. The molecule has 0 spiro atoms. The van der Waals surface area contributed by atoms with Crippen LogP contribution in [0.2, 0.25) is 0 Å². The van der Waals surface area contributed by atoms with Gasteiger partial charge in [-0.25, -0.2) is 4.79 Å². The minimum absolute atomic E-state index is 0.0380. The van der Waals surface area contributed by atoms with Crippen molar-refractivity contribution < 1.29 is 37.2 Å². The fourth-order valence-electron chi connectivity index (χ4n) is 2.06. The van der Waals surface area contributed by atoms with Gasteiger partial charge in [-0.05, 0) is 30.3 Å². The van der Waals surface area contributed by atoms with Crippen LogP contribution in [0.15, 0.2) is 42.5 Å². The number of hydrogen-bond donors (Lipinski definition) is 1. The zero-order valence-corrected chi connectivity index (χ0v) is 15.1. The molecule has 1 amide bonds. The predicted octanol–water partition coefficient (Wildman–Crippen LogP) is 4.31. The second-order valence-corrected chi connectivity index (χ2v) is 6.05. The van der Waals surface area contributed by atoms with Crippen molar-refractivity contribution in [3.05, 3.63) is 58.1 Å². The summed E-state index contributed by atoms with van der Waals surface area (Å²) in [6.45, 7) is 3.40. The molecule has 29 heavy (non-hydrogen) atoms. The van der Waals surface area contributed by atoms with E-state index in [1.165, 1.54) is 24.3 Å². The van der Waals surface area contributed by atoms with Crippen LogP contribution in [0.5, 0.6) is 11.5 Å². The molecule has 0 radical (unpaired) electrons. The fourth-order valence-corrected chi connectivity index (χ4v) is 2.06. The molecule has 0 aliphatic heterocycles. The van der Waals surface area contributed by atoms with Crippen molar-refractivity contribution in [2.75, 3.05) is 5.32 Å². The number of rotatable bonds is 6. The van der Waals surface area contributed by atoms with Crippen molar-refractivity contribution in [1.29, 1.82) is 0 Å². The largest absolute Gasteiger partial charge is 0.573 e. The first-order valence-electron chi connectivity index (χ1n) is 8.13. The molecule has 0 aliphatic carbocycles. The van der Waals surface area contributed by atoms with Crippen LogP contribution in [-0.2, 0) is 4.79 Å². The molecule has 0 bridgehead atoms. The number of nitro groups is 1. The lowest BCUT2D eigenvalue weighted by molar-refractivity contribution is -0.385. The van der Waals surface area contributed by atoms with Crippen LogP contribution >= 0.6 is 0 Å². The summed E-state index contributed by atoms with van der Waals surface area (Å²) in [7, 11) is 0. The first kappa shape index (κ1) is 21.7. The van der Waals surface area contributed by atoms with E-state index in [0.29, 0.717) is 11.8 Å². The van der Waals surface area contributed by atoms with Gasteiger partial charge in [0.25, 0.3) is 0 Å². The van der Waals surface area contributed by atoms with E-state index in [9.17, 15) is 32.9 Å². The van der Waals surface area contributed by atoms with E-state index in [1.54, 1.807) is 13.8 Å². The third-order valence-electron chi connectivity index (χ3n) is 3.48. The van der Waals surface area contributed by atoms with Crippen molar-refractivity contribution in [3.8, 4) is 11.5 Å². The Hall–Kier alpha value is -3.63. The normalized spacial score (nSPS) is 11.1. The van der Waals surface area contributed by atoms with Crippen LogP contribution in [0.25, 0.3) is 0 Å². The number of carbonyl (C=O) groups excluding carboxylic acids is 2. The molecule has 0 aliphatic rings. The average molecular weight is 412 g/mol. The van der Waals surface area contributed by atoms with E-state index in [1.807, 2.05) is 0 Å². The van der Waals surface area contributed by atoms with Gasteiger partial charge in [0.05, 0.1) is 10.5 Å². The SMILES string of the molecule is CC(C)C(=O)Nc1ccc(C(=O)Oc2cc(OC(F)(F)F)ccc2[N+](=O)[O-])cc1. The Morgan fingerprint density at radius 1 is 1.10 bits per heavy atom. The monoisotopic (exact) mass is 412 g/mol. The summed E-state index contributed by atoms with van der Waals surface area (Å²) >= 11 is 0. The highest BCUT2D eigenvalue weighted by Gasteiger charge is 2.32. The van der Waals surface area contributed by atoms with Crippen molar-refractivity contribution in [1.82, 2.24) is 0 Å². The van der Waals surface area contributed by atoms with E-state index in [0.717, 1.165) is 12.1 Å². The lowest BCUT2D eigenvalue weighted by Gasteiger charge is -2.11. The number of alkyl halides is 3. The van der Waals surface area contributed by atoms with Crippen molar-refractivity contribution >= 4 is 23.3 Å². The van der Waals surface area contributed by atoms with Crippen LogP contribution < -0.4 is 14.8 Å². The van der Waals surface area contributed by atoms with E-state index in [4.69, 9.17) is 4.74 Å². The minimum atomic E-state index is -5.02. The highest BCUT2D eigenvalue weighted by molar-refractivity contribution is 5.94. The van der Waals surface area contributed by atoms with Gasteiger partial charge in [-0.3, -0.25) is 14.9 Å². The maximum Gasteiger partial charge on any atom is 0.573 e. The summed E-state index contributed by atoms with van der Waals surface area (Å²) in [6.07, 6.45) is -5.02. The highest BCUT2D eigenvalue weighted by atomic mass is 19.4. The number of ether oxygens (including phenoxy) is 2. The van der Waals surface area contributed by atoms with Crippen molar-refractivity contribution in [3.63, 3.8) is 0 Å². The van der Waals surface area contributed by atoms with Gasteiger partial charge in [0.15, 0.2) is 0 Å². The number of nitrogens with zero attached hydrogens (tertiary/aromatic N) is 1. The Labute approximate surface area is 162 Å². The molecule has 0 heterocycles. The van der Waals surface area contributed by atoms with Gasteiger partial charge in [0.2, 0.25) is 11.7 Å². The number of nitrogens with one attached hydrogen (secondary N) is 1. The molecule has 1 N–H and O–H groups in total. The summed E-state index contributed by atoms with van der Waals surface area (Å²) in [4.78, 5) is 34.0. The van der Waals surface area contributed by atoms with E-state index >= 15 is 0 Å². The summed E-state index contributed by atoms with van der Waals surface area (Å²) in [5.74, 6) is -3.03. The first-order valence-corrected chi connectivity index (χ1v) is 8.13. The maximum absolute atomic E-state index is 12.3. The van der Waals surface area contributed by atoms with E-state index in [-0.39, 0.29) is 17.4 Å². The molecule has 8 nitrogen and oxygen atoms in total. The third-order valence-corrected chi connectivity index (χ3v) is 3.48. The smallest absolute Gasteiger partial charge is 0.415 e. The topological polar surface area (TPSA) is 108 Å². The molecule has 0 unspecified atom stereocenters. The summed E-state index contributed by atoms with van der Waals surface area (Å²) in [5, 5.41) is 13.7. The minimum Gasteiger partial charge on any atom is -0.415 e. The lowest BCUT2D eigenvalue weighted by atomic mass is 10.1. The lowest BCUT2D eigenvalue weighted by Crippen LogP contribution is -2.18. The van der Waals surface area contributed by atoms with Crippen molar-refractivity contribution in [2.24, 2.45) is 5.92 Å². The van der Waals surface area contributed by atoms with Crippen LogP contribution in [0.4, 0.5) is 24.5 Å². The molecule has 2 aromatic rings. The number of hydrogen-bond acceptors (Lipinski definition) is 6. The molecule has 2 aromatic carbocycles. The first-order chi connectivity index (χ1) is 13.5. The molecule has 0 atom stereocenters. The van der Waals surface area contributed by atoms with Gasteiger partial charge in [-0.15, -0.1) is 13.2 Å². The van der Waals surface area contributed by atoms with E-state index < -0.39 is 34.4 Å². The van der Waals surface area contributed by atoms with Gasteiger partial charge in [0, 0.05) is 23.7 Å². The Bertz CT molecular complexity index is 926. The Balaban J connectivity index is 2.21. The molecule has 0 fully saturated rings. The van der Waals surface area contributed by atoms with Crippen LogP contribution in [0.1, 0.15) is 24.2 Å². The quantitative estimate of drug-likeness (QED) is 0.328. The third kappa shape index (κ3) is 6.19. The summed E-state index contributed by atoms with van der Waals surface area (Å²) in [6, 6.07) is 7.47. The number of amides is 1. The van der Waals surface area contributed by atoms with Gasteiger partial charge >= 0.3 is 18.0 Å². The zero-order chi connectivity index (χ0) is 21.8. The fraction of sp³-hybridized carbons (Fsp3) is 0.222. The number of esters is 1. The maximum atomic E-state index is 12.3. The van der Waals surface area contributed by atoms with Gasteiger partial charge < -0.3 is 14.8 Å². The number of halogens is 3. The Kier molecular flexibility index (Phi) is 6.42. The number of benzene rings is 2. The second-order valence-electron chi connectivity index (χ2n) is 6.05. The molecule has 11 heteroatoms. The molecule has 2 rings (SSSR count). The van der Waals surface area contributed by atoms with Crippen molar-refractivity contribution in [2.45, 2.75) is 20.2 Å². The average Bonchev–Trinajstić information content (AvgIpc) is 2.60. The molecule has 0 saturated carbocycles. The molecular formula is C18H15F3N2O6. The summed E-state index contributed by atoms with van der Waals surface area (Å²) in [5.41, 5.74) is -0.343. The number of carbonyl (C=O) groups is 2. The molecular weight excluding hydrogens is 397 g/mol. The van der Waals surface area contributed by atoms with Crippen LogP contribution in [0, 0.1) is 16.0 Å². The molecule has 0 aromatic heterocycles. The highest BCUT2D eigenvalue weighted by Crippen LogP contribution is 2.34.